The molecular formula is C11H18N4O. The Bertz CT molecular complexity index is 382. The highest BCUT2D eigenvalue weighted by atomic mass is 16.1. The third-order valence-electron chi connectivity index (χ3n) is 3.16. The highest BCUT2D eigenvalue weighted by Crippen LogP contribution is 2.22. The van der Waals surface area contributed by atoms with Gasteiger partial charge in [-0.05, 0) is 31.6 Å². The Balaban J connectivity index is 1.84. The summed E-state index contributed by atoms with van der Waals surface area (Å²) in [6.07, 6.45) is 7.57. The number of hydrogen-bond acceptors (Lipinski definition) is 4. The maximum Gasteiger partial charge on any atom is 0.290 e. The van der Waals surface area contributed by atoms with E-state index in [2.05, 4.69) is 15.3 Å². The number of aromatic amines is 1. The van der Waals surface area contributed by atoms with Crippen LogP contribution in [-0.2, 0) is 0 Å². The van der Waals surface area contributed by atoms with Gasteiger partial charge in [-0.15, -0.1) is 0 Å². The van der Waals surface area contributed by atoms with Gasteiger partial charge in [0, 0.05) is 25.0 Å². The average Bonchev–Trinajstić information content (AvgIpc) is 2.30. The smallest absolute Gasteiger partial charge is 0.290 e. The molecule has 1 heterocycles. The van der Waals surface area contributed by atoms with Gasteiger partial charge in [0.1, 0.15) is 0 Å². The largest absolute Gasteiger partial charge is 0.365 e. The van der Waals surface area contributed by atoms with E-state index in [-0.39, 0.29) is 5.56 Å². The van der Waals surface area contributed by atoms with Gasteiger partial charge in [-0.3, -0.25) is 4.79 Å². The first-order valence-electron chi connectivity index (χ1n) is 5.79. The first-order valence-corrected chi connectivity index (χ1v) is 5.79. The van der Waals surface area contributed by atoms with Crippen LogP contribution in [0.3, 0.4) is 0 Å². The fourth-order valence-corrected chi connectivity index (χ4v) is 2.11. The van der Waals surface area contributed by atoms with Gasteiger partial charge >= 0.3 is 0 Å². The van der Waals surface area contributed by atoms with Crippen LogP contribution in [0, 0.1) is 5.92 Å². The molecule has 1 aliphatic rings. The van der Waals surface area contributed by atoms with Gasteiger partial charge in [-0.25, -0.2) is 4.98 Å². The Hall–Kier alpha value is -1.36. The topological polar surface area (TPSA) is 83.8 Å². The number of nitrogens with one attached hydrogen (secondary N) is 2. The predicted octanol–water partition coefficient (Wildman–Crippen LogP) is 0.699. The second-order valence-electron chi connectivity index (χ2n) is 4.43. The van der Waals surface area contributed by atoms with Gasteiger partial charge in [0.2, 0.25) is 0 Å². The minimum Gasteiger partial charge on any atom is -0.365 e. The van der Waals surface area contributed by atoms with Crippen molar-refractivity contribution in [2.75, 3.05) is 11.9 Å². The van der Waals surface area contributed by atoms with E-state index >= 15 is 0 Å². The molecule has 1 aromatic rings. The van der Waals surface area contributed by atoms with E-state index in [1.807, 2.05) is 0 Å². The van der Waals surface area contributed by atoms with Gasteiger partial charge < -0.3 is 16.0 Å². The number of anilines is 1. The fraction of sp³-hybridized carbons (Fsp3) is 0.636. The van der Waals surface area contributed by atoms with Crippen molar-refractivity contribution in [3.05, 3.63) is 22.7 Å². The molecule has 0 aromatic carbocycles. The summed E-state index contributed by atoms with van der Waals surface area (Å²) in [5.74, 6) is 1.03. The summed E-state index contributed by atoms with van der Waals surface area (Å²) in [7, 11) is 0. The molecule has 0 radical (unpaired) electrons. The quantitative estimate of drug-likeness (QED) is 0.703. The van der Waals surface area contributed by atoms with E-state index in [9.17, 15) is 4.79 Å². The minimum absolute atomic E-state index is 0.157. The van der Waals surface area contributed by atoms with Crippen molar-refractivity contribution in [1.82, 2.24) is 9.97 Å². The Morgan fingerprint density at radius 3 is 2.88 bits per heavy atom. The summed E-state index contributed by atoms with van der Waals surface area (Å²) in [6.45, 7) is 0.812. The van der Waals surface area contributed by atoms with Gasteiger partial charge in [0.25, 0.3) is 5.56 Å². The molecule has 0 saturated heterocycles. The van der Waals surface area contributed by atoms with E-state index in [0.29, 0.717) is 17.8 Å². The molecule has 0 amide bonds. The number of hydrogen-bond donors (Lipinski definition) is 3. The van der Waals surface area contributed by atoms with Gasteiger partial charge in [-0.2, -0.15) is 0 Å². The summed E-state index contributed by atoms with van der Waals surface area (Å²) in [5, 5.41) is 3.10. The maximum atomic E-state index is 11.3. The van der Waals surface area contributed by atoms with E-state index in [1.165, 1.54) is 6.20 Å². The molecule has 0 bridgehead atoms. The van der Waals surface area contributed by atoms with Crippen molar-refractivity contribution in [2.45, 2.75) is 31.7 Å². The van der Waals surface area contributed by atoms with Crippen LogP contribution in [0.5, 0.6) is 0 Å². The van der Waals surface area contributed by atoms with Crippen LogP contribution >= 0.6 is 0 Å². The van der Waals surface area contributed by atoms with E-state index < -0.39 is 0 Å². The zero-order chi connectivity index (χ0) is 11.4. The lowest BCUT2D eigenvalue weighted by atomic mass is 9.86. The molecule has 5 heteroatoms. The lowest BCUT2D eigenvalue weighted by Crippen LogP contribution is -2.30. The van der Waals surface area contributed by atoms with Crippen molar-refractivity contribution in [3.63, 3.8) is 0 Å². The standard InChI is InChI=1S/C11H18N4O/c12-9-3-1-8(2-4-9)7-15-10-11(16)14-6-5-13-10/h5-6,8-9H,1-4,7,12H2,(H,13,15)(H,14,16). The monoisotopic (exact) mass is 222 g/mol. The van der Waals surface area contributed by atoms with Crippen LogP contribution in [0.15, 0.2) is 17.2 Å². The number of nitrogens with two attached hydrogens (primary N) is 1. The third-order valence-corrected chi connectivity index (χ3v) is 3.16. The van der Waals surface area contributed by atoms with E-state index in [1.54, 1.807) is 6.20 Å². The van der Waals surface area contributed by atoms with Crippen LogP contribution in [0.2, 0.25) is 0 Å². The first-order chi connectivity index (χ1) is 7.75. The van der Waals surface area contributed by atoms with Gasteiger partial charge in [0.15, 0.2) is 5.82 Å². The van der Waals surface area contributed by atoms with Crippen molar-refractivity contribution < 1.29 is 0 Å². The average molecular weight is 222 g/mol. The zero-order valence-corrected chi connectivity index (χ0v) is 9.28. The first kappa shape index (κ1) is 11.1. The molecule has 2 rings (SSSR count). The number of aromatic nitrogens is 2. The van der Waals surface area contributed by atoms with Crippen molar-refractivity contribution in [2.24, 2.45) is 11.7 Å². The summed E-state index contributed by atoms with van der Waals surface area (Å²) in [5.41, 5.74) is 5.68. The summed E-state index contributed by atoms with van der Waals surface area (Å²) in [4.78, 5) is 17.9. The Labute approximate surface area is 94.5 Å². The second-order valence-corrected chi connectivity index (χ2v) is 4.43. The summed E-state index contributed by atoms with van der Waals surface area (Å²) in [6, 6.07) is 0.370. The molecule has 16 heavy (non-hydrogen) atoms. The third kappa shape index (κ3) is 2.82. The normalized spacial score (nSPS) is 25.3. The number of rotatable bonds is 3. The van der Waals surface area contributed by atoms with Crippen LogP contribution in [0.25, 0.3) is 0 Å². The zero-order valence-electron chi connectivity index (χ0n) is 9.28. The molecular weight excluding hydrogens is 204 g/mol. The van der Waals surface area contributed by atoms with Crippen molar-refractivity contribution in [1.29, 1.82) is 0 Å². The van der Waals surface area contributed by atoms with Crippen molar-refractivity contribution in [3.8, 4) is 0 Å². The SMILES string of the molecule is NC1CCC(CNc2ncc[nH]c2=O)CC1. The van der Waals surface area contributed by atoms with Crippen LogP contribution in [0.1, 0.15) is 25.7 Å². The minimum atomic E-state index is -0.157. The highest BCUT2D eigenvalue weighted by Gasteiger charge is 2.18. The molecule has 5 nitrogen and oxygen atoms in total. The maximum absolute atomic E-state index is 11.3. The molecule has 88 valence electrons. The Morgan fingerprint density at radius 2 is 2.19 bits per heavy atom. The predicted molar refractivity (Wildman–Crippen MR) is 63.3 cm³/mol. The highest BCUT2D eigenvalue weighted by molar-refractivity contribution is 5.29. The lowest BCUT2D eigenvalue weighted by Gasteiger charge is -2.26. The molecule has 4 N–H and O–H groups in total. The van der Waals surface area contributed by atoms with Crippen LogP contribution < -0.4 is 16.6 Å². The summed E-state index contributed by atoms with van der Waals surface area (Å²) >= 11 is 0. The van der Waals surface area contributed by atoms with Gasteiger partial charge in [-0.1, -0.05) is 0 Å². The van der Waals surface area contributed by atoms with Gasteiger partial charge in [0.05, 0.1) is 0 Å². The lowest BCUT2D eigenvalue weighted by molar-refractivity contribution is 0.338. The number of H-pyrrole nitrogens is 1. The Kier molecular flexibility index (Phi) is 3.56. The fourth-order valence-electron chi connectivity index (χ4n) is 2.11. The van der Waals surface area contributed by atoms with E-state index in [0.717, 1.165) is 32.2 Å². The molecule has 1 aromatic heterocycles. The van der Waals surface area contributed by atoms with E-state index in [4.69, 9.17) is 5.73 Å². The molecule has 0 unspecified atom stereocenters. The molecule has 1 fully saturated rings. The molecule has 0 aliphatic heterocycles. The molecule has 1 saturated carbocycles. The molecule has 0 spiro atoms. The van der Waals surface area contributed by atoms with Crippen molar-refractivity contribution >= 4 is 5.82 Å². The Morgan fingerprint density at radius 1 is 1.44 bits per heavy atom. The van der Waals surface area contributed by atoms with Crippen LogP contribution in [0.4, 0.5) is 5.82 Å². The molecule has 1 aliphatic carbocycles. The summed E-state index contributed by atoms with van der Waals surface area (Å²) < 4.78 is 0. The number of nitrogens with zero attached hydrogens (tertiary/aromatic N) is 1. The second kappa shape index (κ2) is 5.12. The van der Waals surface area contributed by atoms with Crippen LogP contribution in [-0.4, -0.2) is 22.6 Å². The molecule has 0 atom stereocenters.